The van der Waals surface area contributed by atoms with Crippen molar-refractivity contribution in [2.45, 2.75) is 6.92 Å². The second-order valence-electron chi connectivity index (χ2n) is 4.49. The Morgan fingerprint density at radius 3 is 2.73 bits per heavy atom. The van der Waals surface area contributed by atoms with E-state index >= 15 is 0 Å². The molecule has 3 rings (SSSR count). The maximum absolute atomic E-state index is 12.4. The molecule has 0 N–H and O–H groups in total. The van der Waals surface area contributed by atoms with E-state index in [4.69, 9.17) is 27.4 Å². The number of hydrogen-bond donors (Lipinski definition) is 0. The van der Waals surface area contributed by atoms with Gasteiger partial charge in [0, 0.05) is 11.5 Å². The maximum atomic E-state index is 12.4. The van der Waals surface area contributed by atoms with Crippen LogP contribution in [0.5, 0.6) is 5.75 Å². The van der Waals surface area contributed by atoms with E-state index in [1.165, 1.54) is 18.2 Å². The van der Waals surface area contributed by atoms with Crippen LogP contribution in [-0.2, 0) is 10.3 Å². The molecule has 0 bridgehead atoms. The second kappa shape index (κ2) is 5.46. The SMILES string of the molecule is Cc1nn(S(=O)(=O)Oc2ccc(Cl)c(Cl)c2)c2cc[c]cc12. The highest BCUT2D eigenvalue weighted by Crippen LogP contribution is 2.28. The normalized spacial score (nSPS) is 11.8. The Bertz CT molecular complexity index is 967. The predicted molar refractivity (Wildman–Crippen MR) is 84.7 cm³/mol. The van der Waals surface area contributed by atoms with Crippen molar-refractivity contribution >= 4 is 44.4 Å². The van der Waals surface area contributed by atoms with Gasteiger partial charge >= 0.3 is 10.3 Å². The number of fused-ring (bicyclic) bond motifs is 1. The number of rotatable bonds is 3. The van der Waals surface area contributed by atoms with Crippen LogP contribution in [0.4, 0.5) is 0 Å². The molecule has 113 valence electrons. The summed E-state index contributed by atoms with van der Waals surface area (Å²) in [6.07, 6.45) is 0. The summed E-state index contributed by atoms with van der Waals surface area (Å²) in [6, 6.07) is 12.0. The molecule has 5 nitrogen and oxygen atoms in total. The van der Waals surface area contributed by atoms with Crippen molar-refractivity contribution < 1.29 is 12.6 Å². The van der Waals surface area contributed by atoms with Gasteiger partial charge < -0.3 is 4.18 Å². The fourth-order valence-electron chi connectivity index (χ4n) is 1.98. The number of nitrogens with zero attached hydrogens (tertiary/aromatic N) is 2. The number of aromatic nitrogens is 2. The first-order valence-corrected chi connectivity index (χ1v) is 8.26. The Morgan fingerprint density at radius 2 is 2.00 bits per heavy atom. The topological polar surface area (TPSA) is 61.2 Å². The van der Waals surface area contributed by atoms with Crippen molar-refractivity contribution in [1.29, 1.82) is 0 Å². The zero-order valence-corrected chi connectivity index (χ0v) is 13.6. The first-order valence-electron chi connectivity index (χ1n) is 6.14. The van der Waals surface area contributed by atoms with Gasteiger partial charge in [-0.05, 0) is 37.3 Å². The Hall–Kier alpha value is -1.76. The quantitative estimate of drug-likeness (QED) is 0.719. The first kappa shape index (κ1) is 15.1. The highest BCUT2D eigenvalue weighted by molar-refractivity contribution is 7.85. The minimum atomic E-state index is -4.16. The lowest BCUT2D eigenvalue weighted by molar-refractivity contribution is 0.471. The molecule has 0 spiro atoms. The molecule has 0 saturated carbocycles. The van der Waals surface area contributed by atoms with Crippen molar-refractivity contribution in [3.8, 4) is 5.75 Å². The van der Waals surface area contributed by atoms with E-state index in [2.05, 4.69) is 11.2 Å². The van der Waals surface area contributed by atoms with Gasteiger partial charge in [0.1, 0.15) is 5.75 Å². The van der Waals surface area contributed by atoms with E-state index in [0.717, 1.165) is 4.09 Å². The average Bonchev–Trinajstić information content (AvgIpc) is 2.81. The van der Waals surface area contributed by atoms with Crippen molar-refractivity contribution in [2.24, 2.45) is 0 Å². The van der Waals surface area contributed by atoms with Gasteiger partial charge in [-0.3, -0.25) is 0 Å². The van der Waals surface area contributed by atoms with Gasteiger partial charge in [-0.15, -0.1) is 4.09 Å². The van der Waals surface area contributed by atoms with Gasteiger partial charge in [-0.2, -0.15) is 13.5 Å². The lowest BCUT2D eigenvalue weighted by atomic mass is 10.2. The molecule has 0 aliphatic rings. The minimum absolute atomic E-state index is 0.0539. The van der Waals surface area contributed by atoms with Crippen LogP contribution in [0.15, 0.2) is 36.4 Å². The summed E-state index contributed by atoms with van der Waals surface area (Å²) in [5, 5.41) is 5.21. The molecule has 1 radical (unpaired) electrons. The van der Waals surface area contributed by atoms with Crippen LogP contribution in [0, 0.1) is 13.0 Å². The fourth-order valence-corrected chi connectivity index (χ4v) is 3.31. The summed E-state index contributed by atoms with van der Waals surface area (Å²) in [5.74, 6) is 0.0539. The molecule has 0 fully saturated rings. The zero-order chi connectivity index (χ0) is 15.9. The molecule has 8 heteroatoms. The highest BCUT2D eigenvalue weighted by Gasteiger charge is 2.21. The van der Waals surface area contributed by atoms with Gasteiger partial charge in [0.05, 0.1) is 21.3 Å². The summed E-state index contributed by atoms with van der Waals surface area (Å²) in [4.78, 5) is 0. The van der Waals surface area contributed by atoms with E-state index in [1.54, 1.807) is 25.1 Å². The van der Waals surface area contributed by atoms with E-state index in [-0.39, 0.29) is 10.8 Å². The monoisotopic (exact) mass is 355 g/mol. The highest BCUT2D eigenvalue weighted by atomic mass is 35.5. The predicted octanol–water partition coefficient (Wildman–Crippen LogP) is 3.62. The van der Waals surface area contributed by atoms with Gasteiger partial charge in [0.2, 0.25) is 0 Å². The third-order valence-electron chi connectivity index (χ3n) is 2.98. The summed E-state index contributed by atoms with van der Waals surface area (Å²) in [5.41, 5.74) is 0.976. The van der Waals surface area contributed by atoms with Crippen molar-refractivity contribution in [2.75, 3.05) is 0 Å². The maximum Gasteiger partial charge on any atom is 0.429 e. The minimum Gasteiger partial charge on any atom is -0.365 e. The summed E-state index contributed by atoms with van der Waals surface area (Å²) < 4.78 is 30.7. The Labute approximate surface area is 137 Å². The number of aryl methyl sites for hydroxylation is 1. The molecule has 0 amide bonds. The van der Waals surface area contributed by atoms with Crippen molar-refractivity contribution in [1.82, 2.24) is 9.19 Å². The molecule has 22 heavy (non-hydrogen) atoms. The molecule has 0 unspecified atom stereocenters. The number of benzene rings is 2. The van der Waals surface area contributed by atoms with E-state index in [9.17, 15) is 8.42 Å². The molecule has 3 aromatic rings. The van der Waals surface area contributed by atoms with Gasteiger partial charge in [0.15, 0.2) is 0 Å². The standard InChI is InChI=1S/C14H9Cl2N2O3S/c1-9-11-4-2-3-5-14(11)18(17-9)22(19,20)21-10-6-7-12(15)13(16)8-10/h3-8H,1H3. The third-order valence-corrected chi connectivity index (χ3v) is 4.83. The molecule has 1 aromatic heterocycles. The van der Waals surface area contributed by atoms with Crippen LogP contribution >= 0.6 is 23.2 Å². The molecular weight excluding hydrogens is 347 g/mol. The molecule has 0 aliphatic heterocycles. The number of halogens is 2. The molecule has 0 saturated heterocycles. The lowest BCUT2D eigenvalue weighted by Crippen LogP contribution is -2.20. The summed E-state index contributed by atoms with van der Waals surface area (Å²) in [6.45, 7) is 1.71. The summed E-state index contributed by atoms with van der Waals surface area (Å²) in [7, 11) is -4.16. The fraction of sp³-hybridized carbons (Fsp3) is 0.0714. The molecule has 0 aliphatic carbocycles. The molecular formula is C14H9Cl2N2O3S. The van der Waals surface area contributed by atoms with Crippen molar-refractivity contribution in [3.05, 3.63) is 58.2 Å². The van der Waals surface area contributed by atoms with Gasteiger partial charge in [0.25, 0.3) is 0 Å². The van der Waals surface area contributed by atoms with Crippen molar-refractivity contribution in [3.63, 3.8) is 0 Å². The lowest BCUT2D eigenvalue weighted by Gasteiger charge is -2.08. The van der Waals surface area contributed by atoms with Gasteiger partial charge in [-0.25, -0.2) is 0 Å². The first-order chi connectivity index (χ1) is 10.4. The van der Waals surface area contributed by atoms with E-state index < -0.39 is 10.3 Å². The molecule has 2 aromatic carbocycles. The van der Waals surface area contributed by atoms with Crippen LogP contribution in [0.1, 0.15) is 5.69 Å². The Kier molecular flexibility index (Phi) is 3.76. The zero-order valence-electron chi connectivity index (χ0n) is 11.2. The summed E-state index contributed by atoms with van der Waals surface area (Å²) >= 11 is 11.6. The largest absolute Gasteiger partial charge is 0.429 e. The third kappa shape index (κ3) is 2.65. The van der Waals surface area contributed by atoms with E-state index in [0.29, 0.717) is 21.6 Å². The smallest absolute Gasteiger partial charge is 0.365 e. The van der Waals surface area contributed by atoms with Crippen LogP contribution in [0.25, 0.3) is 10.9 Å². The number of hydrogen-bond acceptors (Lipinski definition) is 4. The van der Waals surface area contributed by atoms with Crippen LogP contribution in [-0.4, -0.2) is 17.6 Å². The van der Waals surface area contributed by atoms with Crippen LogP contribution in [0.2, 0.25) is 10.0 Å². The molecule has 1 heterocycles. The average molecular weight is 356 g/mol. The Balaban J connectivity index is 2.07. The van der Waals surface area contributed by atoms with Crippen LogP contribution < -0.4 is 4.18 Å². The molecule has 0 atom stereocenters. The van der Waals surface area contributed by atoms with E-state index in [1.807, 2.05) is 0 Å². The second-order valence-corrected chi connectivity index (χ2v) is 6.67. The Morgan fingerprint density at radius 1 is 1.23 bits per heavy atom. The van der Waals surface area contributed by atoms with Crippen LogP contribution in [0.3, 0.4) is 0 Å². The van der Waals surface area contributed by atoms with Gasteiger partial charge in [-0.1, -0.05) is 29.3 Å².